The molecule has 4 aromatic rings. The minimum atomic E-state index is -1.08. The zero-order valence-electron chi connectivity index (χ0n) is 19.7. The number of thiocarbonyl (C=S) groups is 1. The van der Waals surface area contributed by atoms with Gasteiger partial charge in [0.25, 0.3) is 5.91 Å². The number of hydrogen-bond acceptors (Lipinski definition) is 5. The summed E-state index contributed by atoms with van der Waals surface area (Å²) >= 11 is 6.83. The van der Waals surface area contributed by atoms with Crippen molar-refractivity contribution >= 4 is 67.8 Å². The highest BCUT2D eigenvalue weighted by atomic mass is 32.1. The lowest BCUT2D eigenvalue weighted by Gasteiger charge is -2.37. The predicted octanol–water partition coefficient (Wildman–Crippen LogP) is 6.07. The molecule has 5 nitrogen and oxygen atoms in total. The minimum Gasteiger partial charge on any atom is -0.369 e. The van der Waals surface area contributed by atoms with Crippen molar-refractivity contribution in [2.75, 3.05) is 19.0 Å². The maximum atomic E-state index is 12.8. The Morgan fingerprint density at radius 3 is 2.46 bits per heavy atom. The molecule has 1 fully saturated rings. The predicted molar refractivity (Wildman–Crippen MR) is 148 cm³/mol. The fourth-order valence-corrected chi connectivity index (χ4v) is 5.55. The van der Waals surface area contributed by atoms with Crippen molar-refractivity contribution in [2.45, 2.75) is 13.2 Å². The van der Waals surface area contributed by atoms with Crippen LogP contribution in [0.4, 0.5) is 16.4 Å². The van der Waals surface area contributed by atoms with Gasteiger partial charge in [0.05, 0.1) is 11.3 Å². The third-order valence-electron chi connectivity index (χ3n) is 6.26. The lowest BCUT2D eigenvalue weighted by Crippen LogP contribution is -2.55. The van der Waals surface area contributed by atoms with Crippen LogP contribution in [0.3, 0.4) is 0 Å². The monoisotopic (exact) mass is 499 g/mol. The van der Waals surface area contributed by atoms with Gasteiger partial charge < -0.3 is 14.9 Å². The molecule has 7 heteroatoms. The first-order chi connectivity index (χ1) is 16.9. The summed E-state index contributed by atoms with van der Waals surface area (Å²) in [4.78, 5) is 18.9. The molecule has 5 rings (SSSR count). The zero-order valence-corrected chi connectivity index (χ0v) is 21.3. The van der Waals surface area contributed by atoms with E-state index >= 15 is 0 Å². The molecule has 1 unspecified atom stereocenters. The summed E-state index contributed by atoms with van der Waals surface area (Å²) in [5.41, 5.74) is 3.63. The van der Waals surface area contributed by atoms with E-state index in [1.54, 1.807) is 31.5 Å². The van der Waals surface area contributed by atoms with Crippen molar-refractivity contribution in [1.29, 1.82) is 0 Å². The van der Waals surface area contributed by atoms with Gasteiger partial charge in [-0.1, -0.05) is 54.6 Å². The van der Waals surface area contributed by atoms with Crippen LogP contribution in [0, 0.1) is 6.92 Å². The van der Waals surface area contributed by atoms with Gasteiger partial charge in [0, 0.05) is 30.0 Å². The molecule has 1 atom stereocenters. The third-order valence-corrected chi connectivity index (χ3v) is 7.84. The third kappa shape index (κ3) is 4.12. The van der Waals surface area contributed by atoms with Crippen molar-refractivity contribution in [2.24, 2.45) is 0 Å². The van der Waals surface area contributed by atoms with Crippen LogP contribution >= 0.6 is 23.6 Å². The molecule has 176 valence electrons. The van der Waals surface area contributed by atoms with Gasteiger partial charge in [-0.2, -0.15) is 0 Å². The van der Waals surface area contributed by atoms with E-state index in [4.69, 9.17) is 12.2 Å². The van der Waals surface area contributed by atoms with Crippen LogP contribution in [0.1, 0.15) is 10.4 Å². The maximum absolute atomic E-state index is 12.8. The van der Waals surface area contributed by atoms with E-state index in [1.165, 1.54) is 20.6 Å². The first-order valence-electron chi connectivity index (χ1n) is 11.2. The van der Waals surface area contributed by atoms with Crippen molar-refractivity contribution in [3.63, 3.8) is 0 Å². The maximum Gasteiger partial charge on any atom is 0.260 e. The number of likely N-dealkylation sites (N-methyl/N-ethyl adjacent to an activating group) is 2. The Balaban J connectivity index is 1.63. The van der Waals surface area contributed by atoms with Crippen LogP contribution in [0.5, 0.6) is 0 Å². The fraction of sp³-hybridized carbons (Fsp3) is 0.143. The number of carbonyl (C=O) groups is 1. The summed E-state index contributed by atoms with van der Waals surface area (Å²) in [7, 11) is 3.31. The van der Waals surface area contributed by atoms with Gasteiger partial charge in [-0.15, -0.1) is 11.3 Å². The fourth-order valence-electron chi connectivity index (χ4n) is 4.37. The summed E-state index contributed by atoms with van der Waals surface area (Å²) in [6.45, 7) is 2.12. The highest BCUT2D eigenvalue weighted by Crippen LogP contribution is 2.44. The molecule has 1 aliphatic rings. The number of aliphatic hydroxyl groups is 1. The van der Waals surface area contributed by atoms with Crippen LogP contribution < -0.4 is 4.90 Å². The van der Waals surface area contributed by atoms with Gasteiger partial charge in [-0.25, -0.2) is 0 Å². The van der Waals surface area contributed by atoms with Crippen molar-refractivity contribution in [3.05, 3.63) is 94.9 Å². The van der Waals surface area contributed by atoms with Crippen LogP contribution in [0.15, 0.2) is 84.4 Å². The molecule has 35 heavy (non-hydrogen) atoms. The molecule has 0 bridgehead atoms. The second-order valence-electron chi connectivity index (χ2n) is 8.53. The lowest BCUT2D eigenvalue weighted by molar-refractivity contribution is -0.126. The molecule has 0 radical (unpaired) electrons. The van der Waals surface area contributed by atoms with E-state index in [0.717, 1.165) is 26.8 Å². The molecule has 3 aromatic carbocycles. The molecule has 0 aliphatic carbocycles. The Bertz CT molecular complexity index is 1460. The summed E-state index contributed by atoms with van der Waals surface area (Å²) < 4.78 is 0. The van der Waals surface area contributed by atoms with Crippen LogP contribution in [-0.4, -0.2) is 46.2 Å². The molecule has 0 saturated carbocycles. The van der Waals surface area contributed by atoms with Crippen LogP contribution in [0.25, 0.3) is 16.8 Å². The van der Waals surface area contributed by atoms with Gasteiger partial charge in [0.2, 0.25) is 0 Å². The Hall–Kier alpha value is -3.52. The van der Waals surface area contributed by atoms with E-state index in [1.807, 2.05) is 24.3 Å². The van der Waals surface area contributed by atoms with E-state index in [2.05, 4.69) is 66.4 Å². The minimum absolute atomic E-state index is 0.291. The van der Waals surface area contributed by atoms with E-state index in [-0.39, 0.29) is 5.91 Å². The quantitative estimate of drug-likeness (QED) is 0.273. The number of hydrogen-bond donors (Lipinski definition) is 1. The van der Waals surface area contributed by atoms with Crippen molar-refractivity contribution in [1.82, 2.24) is 9.80 Å². The second kappa shape index (κ2) is 9.26. The molecule has 1 amide bonds. The Morgan fingerprint density at radius 2 is 1.69 bits per heavy atom. The van der Waals surface area contributed by atoms with E-state index in [0.29, 0.717) is 10.7 Å². The number of aryl methyl sites for hydroxylation is 1. The SMILES string of the molecule is Cc1ccc2ccccc2c1N(c1ccccc1)c1ccc(/C=C2\C(=O)N(C)C(=S)N(C)C2O)s1. The molecular formula is C28H25N3O2S2. The molecule has 1 saturated heterocycles. The average molecular weight is 500 g/mol. The number of amides is 1. The largest absolute Gasteiger partial charge is 0.369 e. The second-order valence-corrected chi connectivity index (χ2v) is 9.99. The number of aliphatic hydroxyl groups excluding tert-OH is 1. The standard InChI is InChI=1S/C28H25N3O2S2/c1-18-13-14-19-9-7-8-12-22(19)25(18)31(20-10-5-4-6-11-20)24-16-15-21(35-24)17-23-26(32)29(2)28(34)30(3)27(23)33/h4-17,26,32H,1-3H3/b23-17-. The number of thiophene rings is 1. The lowest BCUT2D eigenvalue weighted by atomic mass is 10.0. The van der Waals surface area contributed by atoms with Gasteiger partial charge >= 0.3 is 0 Å². The smallest absolute Gasteiger partial charge is 0.260 e. The Labute approximate surface area is 214 Å². The first-order valence-corrected chi connectivity index (χ1v) is 12.5. The van der Waals surface area contributed by atoms with Gasteiger partial charge in [0.1, 0.15) is 5.00 Å². The number of para-hydroxylation sites is 1. The molecule has 1 N–H and O–H groups in total. The van der Waals surface area contributed by atoms with Crippen LogP contribution in [-0.2, 0) is 4.79 Å². The van der Waals surface area contributed by atoms with Gasteiger partial charge in [-0.05, 0) is 60.4 Å². The molecule has 1 aromatic heterocycles. The Morgan fingerprint density at radius 1 is 0.971 bits per heavy atom. The van der Waals surface area contributed by atoms with Crippen molar-refractivity contribution < 1.29 is 9.90 Å². The van der Waals surface area contributed by atoms with Crippen LogP contribution in [0.2, 0.25) is 0 Å². The zero-order chi connectivity index (χ0) is 24.7. The topological polar surface area (TPSA) is 47.0 Å². The Kier molecular flexibility index (Phi) is 6.15. The summed E-state index contributed by atoms with van der Waals surface area (Å²) in [6.07, 6.45) is 0.678. The average Bonchev–Trinajstić information content (AvgIpc) is 3.34. The van der Waals surface area contributed by atoms with Gasteiger partial charge in [0.15, 0.2) is 11.3 Å². The number of rotatable bonds is 4. The summed E-state index contributed by atoms with van der Waals surface area (Å²) in [5, 5.41) is 14.3. The highest BCUT2D eigenvalue weighted by molar-refractivity contribution is 7.80. The number of anilines is 3. The van der Waals surface area contributed by atoms with E-state index in [9.17, 15) is 9.90 Å². The molecular weight excluding hydrogens is 474 g/mol. The number of carbonyl (C=O) groups excluding carboxylic acids is 1. The normalized spacial score (nSPS) is 17.5. The summed E-state index contributed by atoms with van der Waals surface area (Å²) in [6, 6.07) is 27.0. The molecule has 2 heterocycles. The number of benzene rings is 3. The van der Waals surface area contributed by atoms with Gasteiger partial charge in [-0.3, -0.25) is 9.69 Å². The first kappa shape index (κ1) is 23.2. The highest BCUT2D eigenvalue weighted by Gasteiger charge is 2.35. The number of nitrogens with zero attached hydrogens (tertiary/aromatic N) is 3. The van der Waals surface area contributed by atoms with Crippen molar-refractivity contribution in [3.8, 4) is 0 Å². The number of fused-ring (bicyclic) bond motifs is 1. The molecule has 1 aliphatic heterocycles. The van der Waals surface area contributed by atoms with E-state index < -0.39 is 6.23 Å². The molecule has 0 spiro atoms. The summed E-state index contributed by atoms with van der Waals surface area (Å²) in [5.74, 6) is -0.291.